The van der Waals surface area contributed by atoms with Crippen LogP contribution in [-0.4, -0.2) is 24.3 Å². The van der Waals surface area contributed by atoms with Crippen LogP contribution in [0.1, 0.15) is 55.1 Å². The highest BCUT2D eigenvalue weighted by Gasteiger charge is 2.23. The Hall–Kier alpha value is -3.47. The van der Waals surface area contributed by atoms with E-state index in [1.807, 2.05) is 0 Å². The average Bonchev–Trinajstić information content (AvgIpc) is 3.19. The maximum atomic E-state index is 12.9. The monoisotopic (exact) mass is 478 g/mol. The van der Waals surface area contributed by atoms with Gasteiger partial charge < -0.3 is 10.1 Å². The van der Waals surface area contributed by atoms with Crippen LogP contribution in [0.25, 0.3) is 0 Å². The number of anilines is 1. The lowest BCUT2D eigenvalue weighted by Gasteiger charge is -2.10. The summed E-state index contributed by atoms with van der Waals surface area (Å²) in [5.74, 6) is -1.68. The van der Waals surface area contributed by atoms with Crippen molar-refractivity contribution in [2.24, 2.45) is 0 Å². The van der Waals surface area contributed by atoms with Gasteiger partial charge in [0.05, 0.1) is 11.1 Å². The summed E-state index contributed by atoms with van der Waals surface area (Å²) in [7, 11) is 0. The van der Waals surface area contributed by atoms with Gasteiger partial charge in [0, 0.05) is 21.0 Å². The Labute approximate surface area is 199 Å². The zero-order valence-electron chi connectivity index (χ0n) is 17.5. The summed E-state index contributed by atoms with van der Waals surface area (Å²) in [4.78, 5) is 39.1. The number of esters is 1. The highest BCUT2D eigenvalue weighted by Crippen LogP contribution is 2.37. The van der Waals surface area contributed by atoms with Crippen molar-refractivity contribution in [3.05, 3.63) is 86.2 Å². The number of amides is 1. The molecule has 33 heavy (non-hydrogen) atoms. The molecule has 0 aliphatic heterocycles. The average molecular weight is 479 g/mol. The van der Waals surface area contributed by atoms with Crippen LogP contribution >= 0.6 is 22.9 Å². The molecule has 0 fully saturated rings. The van der Waals surface area contributed by atoms with E-state index < -0.39 is 18.5 Å². The van der Waals surface area contributed by atoms with Crippen LogP contribution < -0.4 is 5.32 Å². The molecular weight excluding hydrogens is 460 g/mol. The molecular formula is C25H19ClN2O4S. The van der Waals surface area contributed by atoms with Gasteiger partial charge in [0.1, 0.15) is 11.1 Å². The van der Waals surface area contributed by atoms with E-state index in [0.29, 0.717) is 21.2 Å². The molecule has 0 saturated carbocycles. The molecule has 1 aliphatic rings. The molecule has 1 heterocycles. The van der Waals surface area contributed by atoms with Gasteiger partial charge in [0.25, 0.3) is 5.91 Å². The zero-order chi connectivity index (χ0) is 23.4. The number of hydrogen-bond acceptors (Lipinski definition) is 6. The molecule has 0 bridgehead atoms. The highest BCUT2D eigenvalue weighted by molar-refractivity contribution is 7.16. The third-order valence-corrected chi connectivity index (χ3v) is 6.83. The molecule has 1 amide bonds. The fourth-order valence-electron chi connectivity index (χ4n) is 3.76. The van der Waals surface area contributed by atoms with E-state index in [4.69, 9.17) is 16.3 Å². The lowest BCUT2D eigenvalue weighted by Crippen LogP contribution is -2.22. The molecule has 4 rings (SSSR count). The number of hydrogen-bond donors (Lipinski definition) is 1. The lowest BCUT2D eigenvalue weighted by molar-refractivity contribution is -0.119. The number of rotatable bonds is 6. The standard InChI is InChI=1S/C25H19ClN2O4S/c26-16-11-9-15(10-12-16)23(30)18-6-1-2-7-19(18)25(31)32-14-22(29)28-24-20(13-27)17-5-3-4-8-21(17)33-24/h1-2,6-7,9-12H,3-5,8,14H2,(H,28,29). The van der Waals surface area contributed by atoms with Crippen LogP contribution in [0.5, 0.6) is 0 Å². The SMILES string of the molecule is N#Cc1c(NC(=O)COC(=O)c2ccccc2C(=O)c2ccc(Cl)cc2)sc2c1CCCC2. The van der Waals surface area contributed by atoms with Gasteiger partial charge in [-0.3, -0.25) is 9.59 Å². The van der Waals surface area contributed by atoms with E-state index in [1.54, 1.807) is 36.4 Å². The van der Waals surface area contributed by atoms with Crippen molar-refractivity contribution in [2.75, 3.05) is 11.9 Å². The number of nitriles is 1. The number of nitrogens with zero attached hydrogens (tertiary/aromatic N) is 1. The number of fused-ring (bicyclic) bond motifs is 1. The van der Waals surface area contributed by atoms with Crippen LogP contribution in [0.2, 0.25) is 5.02 Å². The Morgan fingerprint density at radius 3 is 2.45 bits per heavy atom. The van der Waals surface area contributed by atoms with Gasteiger partial charge in [-0.1, -0.05) is 29.8 Å². The molecule has 0 spiro atoms. The van der Waals surface area contributed by atoms with Crippen molar-refractivity contribution < 1.29 is 19.1 Å². The van der Waals surface area contributed by atoms with Crippen LogP contribution in [0, 0.1) is 11.3 Å². The first kappa shape index (κ1) is 22.7. The van der Waals surface area contributed by atoms with Crippen molar-refractivity contribution in [1.29, 1.82) is 5.26 Å². The number of carbonyl (C=O) groups excluding carboxylic acids is 3. The van der Waals surface area contributed by atoms with Crippen LogP contribution in [0.15, 0.2) is 48.5 Å². The van der Waals surface area contributed by atoms with Crippen molar-refractivity contribution >= 4 is 45.6 Å². The molecule has 0 saturated heterocycles. The Morgan fingerprint density at radius 2 is 1.73 bits per heavy atom. The molecule has 6 nitrogen and oxygen atoms in total. The van der Waals surface area contributed by atoms with E-state index in [-0.39, 0.29) is 16.9 Å². The van der Waals surface area contributed by atoms with E-state index in [9.17, 15) is 19.6 Å². The maximum absolute atomic E-state index is 12.9. The summed E-state index contributed by atoms with van der Waals surface area (Å²) in [6.07, 6.45) is 3.82. The molecule has 0 radical (unpaired) electrons. The molecule has 1 aromatic heterocycles. The molecule has 166 valence electrons. The molecule has 3 aromatic rings. The number of halogens is 1. The first-order valence-corrected chi connectivity index (χ1v) is 11.6. The van der Waals surface area contributed by atoms with Gasteiger partial charge in [-0.25, -0.2) is 4.79 Å². The number of carbonyl (C=O) groups is 3. The summed E-state index contributed by atoms with van der Waals surface area (Å²) in [6.45, 7) is -0.532. The van der Waals surface area contributed by atoms with E-state index in [0.717, 1.165) is 36.1 Å². The van der Waals surface area contributed by atoms with E-state index >= 15 is 0 Å². The minimum Gasteiger partial charge on any atom is -0.452 e. The van der Waals surface area contributed by atoms with Gasteiger partial charge in [-0.05, 0) is 61.6 Å². The van der Waals surface area contributed by atoms with Gasteiger partial charge >= 0.3 is 5.97 Å². The van der Waals surface area contributed by atoms with Crippen molar-refractivity contribution in [2.45, 2.75) is 25.7 Å². The minimum absolute atomic E-state index is 0.0644. The van der Waals surface area contributed by atoms with Crippen LogP contribution in [-0.2, 0) is 22.4 Å². The van der Waals surface area contributed by atoms with Crippen molar-refractivity contribution in [3.63, 3.8) is 0 Å². The smallest absolute Gasteiger partial charge is 0.339 e. The quantitative estimate of drug-likeness (QED) is 0.389. The van der Waals surface area contributed by atoms with Gasteiger partial charge in [-0.15, -0.1) is 11.3 Å². The third-order valence-electron chi connectivity index (χ3n) is 5.37. The number of nitrogens with one attached hydrogen (secondary N) is 1. The van der Waals surface area contributed by atoms with Gasteiger partial charge in [0.15, 0.2) is 12.4 Å². The fraction of sp³-hybridized carbons (Fsp3) is 0.200. The van der Waals surface area contributed by atoms with Crippen LogP contribution in [0.4, 0.5) is 5.00 Å². The molecule has 8 heteroatoms. The summed E-state index contributed by atoms with van der Waals surface area (Å²) in [5.41, 5.74) is 2.12. The minimum atomic E-state index is -0.783. The predicted molar refractivity (Wildman–Crippen MR) is 126 cm³/mol. The lowest BCUT2D eigenvalue weighted by atomic mass is 9.96. The predicted octanol–water partition coefficient (Wildman–Crippen LogP) is 5.18. The number of ketones is 1. The van der Waals surface area contributed by atoms with Crippen molar-refractivity contribution in [3.8, 4) is 6.07 Å². The number of thiophene rings is 1. The Morgan fingerprint density at radius 1 is 1.03 bits per heavy atom. The Balaban J connectivity index is 1.44. The zero-order valence-corrected chi connectivity index (χ0v) is 19.1. The van der Waals surface area contributed by atoms with Gasteiger partial charge in [-0.2, -0.15) is 5.26 Å². The summed E-state index contributed by atoms with van der Waals surface area (Å²) in [6, 6.07) is 14.8. The fourth-order valence-corrected chi connectivity index (χ4v) is 5.14. The highest BCUT2D eigenvalue weighted by atomic mass is 35.5. The molecule has 1 aliphatic carbocycles. The summed E-state index contributed by atoms with van der Waals surface area (Å²) >= 11 is 7.28. The number of aryl methyl sites for hydroxylation is 1. The topological polar surface area (TPSA) is 96.3 Å². The first-order valence-electron chi connectivity index (χ1n) is 10.4. The first-order chi connectivity index (χ1) is 16.0. The second-order valence-corrected chi connectivity index (χ2v) is 9.07. The summed E-state index contributed by atoms with van der Waals surface area (Å²) in [5, 5.41) is 13.2. The maximum Gasteiger partial charge on any atom is 0.339 e. The van der Waals surface area contributed by atoms with Gasteiger partial charge in [0.2, 0.25) is 0 Å². The van der Waals surface area contributed by atoms with E-state index in [2.05, 4.69) is 11.4 Å². The normalized spacial score (nSPS) is 12.4. The third kappa shape index (κ3) is 4.98. The number of benzene rings is 2. The Bertz CT molecular complexity index is 1270. The number of ether oxygens (including phenoxy) is 1. The van der Waals surface area contributed by atoms with Crippen molar-refractivity contribution in [1.82, 2.24) is 0 Å². The second-order valence-electron chi connectivity index (χ2n) is 7.53. The van der Waals surface area contributed by atoms with E-state index in [1.165, 1.54) is 23.5 Å². The largest absolute Gasteiger partial charge is 0.452 e. The van der Waals surface area contributed by atoms with Crippen LogP contribution in [0.3, 0.4) is 0 Å². The summed E-state index contributed by atoms with van der Waals surface area (Å²) < 4.78 is 5.18. The second kappa shape index (κ2) is 9.99. The Kier molecular flexibility index (Phi) is 6.87. The molecule has 0 atom stereocenters. The molecule has 0 unspecified atom stereocenters. The molecule has 1 N–H and O–H groups in total. The molecule has 2 aromatic carbocycles.